The first-order valence-electron chi connectivity index (χ1n) is 5.20. The molecule has 18 heavy (non-hydrogen) atoms. The molecule has 0 radical (unpaired) electrons. The summed E-state index contributed by atoms with van der Waals surface area (Å²) in [5.41, 5.74) is 0.438. The van der Waals surface area contributed by atoms with Crippen LogP contribution in [0.15, 0.2) is 53.7 Å². The van der Waals surface area contributed by atoms with Crippen molar-refractivity contribution in [2.45, 2.75) is 10.8 Å². The number of pyridine rings is 1. The van der Waals surface area contributed by atoms with Gasteiger partial charge in [-0.3, -0.25) is 14.3 Å². The monoisotopic (exact) mass is 262 g/mol. The number of benzene rings is 1. The topological polar surface area (TPSA) is 73.1 Å². The number of rotatable bonds is 4. The Balaban J connectivity index is 2.25. The molecule has 0 saturated heterocycles. The Kier molecular flexibility index (Phi) is 3.78. The molecule has 0 saturated carbocycles. The molecular formula is C12H10N2O3S. The summed E-state index contributed by atoms with van der Waals surface area (Å²) < 4.78 is 12.0. The Morgan fingerprint density at radius 3 is 2.56 bits per heavy atom. The summed E-state index contributed by atoms with van der Waals surface area (Å²) in [6, 6.07) is 11.4. The van der Waals surface area contributed by atoms with Crippen molar-refractivity contribution in [2.75, 3.05) is 0 Å². The molecule has 0 spiro atoms. The molecule has 0 aliphatic carbocycles. The highest BCUT2D eigenvalue weighted by molar-refractivity contribution is 7.84. The molecule has 1 aromatic heterocycles. The van der Waals surface area contributed by atoms with Crippen molar-refractivity contribution in [1.29, 1.82) is 0 Å². The number of hydrogen-bond donors (Lipinski definition) is 0. The van der Waals surface area contributed by atoms with Crippen LogP contribution in [0, 0.1) is 10.1 Å². The second-order valence-electron chi connectivity index (χ2n) is 3.54. The second kappa shape index (κ2) is 5.50. The molecule has 0 fully saturated rings. The average Bonchev–Trinajstić information content (AvgIpc) is 2.40. The van der Waals surface area contributed by atoms with E-state index in [4.69, 9.17) is 0 Å². The Bertz CT molecular complexity index is 587. The van der Waals surface area contributed by atoms with E-state index >= 15 is 0 Å². The predicted octanol–water partition coefficient (Wildman–Crippen LogP) is 2.30. The molecule has 0 aliphatic heterocycles. The lowest BCUT2D eigenvalue weighted by molar-refractivity contribution is -0.385. The number of nitro groups is 1. The molecule has 2 aromatic rings. The van der Waals surface area contributed by atoms with Crippen molar-refractivity contribution in [3.05, 3.63) is 64.3 Å². The van der Waals surface area contributed by atoms with Gasteiger partial charge in [-0.05, 0) is 12.1 Å². The third-order valence-corrected chi connectivity index (χ3v) is 3.63. The second-order valence-corrected chi connectivity index (χ2v) is 4.94. The number of hydrogen-bond acceptors (Lipinski definition) is 4. The van der Waals surface area contributed by atoms with Crippen LogP contribution in [0.2, 0.25) is 0 Å². The van der Waals surface area contributed by atoms with E-state index in [1.807, 2.05) is 0 Å². The van der Waals surface area contributed by atoms with E-state index < -0.39 is 15.7 Å². The van der Waals surface area contributed by atoms with E-state index in [9.17, 15) is 14.3 Å². The maximum Gasteiger partial charge on any atom is 0.273 e. The van der Waals surface area contributed by atoms with Crippen LogP contribution in [0.4, 0.5) is 5.69 Å². The summed E-state index contributed by atoms with van der Waals surface area (Å²) >= 11 is 0. The van der Waals surface area contributed by atoms with Crippen LogP contribution in [-0.2, 0) is 16.6 Å². The first-order valence-corrected chi connectivity index (χ1v) is 6.52. The molecular weight excluding hydrogens is 252 g/mol. The smallest absolute Gasteiger partial charge is 0.258 e. The van der Waals surface area contributed by atoms with Gasteiger partial charge in [0.15, 0.2) is 0 Å². The quantitative estimate of drug-likeness (QED) is 0.626. The molecule has 2 rings (SSSR count). The Morgan fingerprint density at radius 1 is 1.17 bits per heavy atom. The normalized spacial score (nSPS) is 12.0. The fourth-order valence-corrected chi connectivity index (χ4v) is 2.59. The van der Waals surface area contributed by atoms with Crippen molar-refractivity contribution in [3.8, 4) is 0 Å². The highest BCUT2D eigenvalue weighted by Crippen LogP contribution is 2.20. The number of nitrogens with zero attached hydrogens (tertiary/aromatic N) is 2. The lowest BCUT2D eigenvalue weighted by atomic mass is 10.2. The van der Waals surface area contributed by atoms with Gasteiger partial charge in [-0.25, -0.2) is 4.98 Å². The van der Waals surface area contributed by atoms with E-state index in [0.717, 1.165) is 0 Å². The fourth-order valence-electron chi connectivity index (χ4n) is 1.51. The van der Waals surface area contributed by atoms with Crippen LogP contribution in [0.5, 0.6) is 0 Å². The van der Waals surface area contributed by atoms with Crippen molar-refractivity contribution >= 4 is 16.5 Å². The zero-order valence-corrected chi connectivity index (χ0v) is 10.2. The highest BCUT2D eigenvalue weighted by Gasteiger charge is 2.15. The van der Waals surface area contributed by atoms with Gasteiger partial charge in [0.05, 0.1) is 21.5 Å². The van der Waals surface area contributed by atoms with Crippen LogP contribution < -0.4 is 0 Å². The van der Waals surface area contributed by atoms with Gasteiger partial charge in [0.25, 0.3) is 5.69 Å². The molecule has 0 amide bonds. The van der Waals surface area contributed by atoms with E-state index in [0.29, 0.717) is 10.6 Å². The van der Waals surface area contributed by atoms with Gasteiger partial charge in [-0.1, -0.05) is 24.3 Å². The fraction of sp³-hybridized carbons (Fsp3) is 0.0833. The van der Waals surface area contributed by atoms with Crippen LogP contribution in [0.3, 0.4) is 0 Å². The van der Waals surface area contributed by atoms with Gasteiger partial charge in [0.2, 0.25) is 0 Å². The SMILES string of the molecule is O=[N+]([O-])c1ccccc1CS(=O)c1ccccn1. The molecule has 5 nitrogen and oxygen atoms in total. The summed E-state index contributed by atoms with van der Waals surface area (Å²) in [4.78, 5) is 14.3. The first-order chi connectivity index (χ1) is 8.68. The van der Waals surface area contributed by atoms with Gasteiger partial charge < -0.3 is 0 Å². The van der Waals surface area contributed by atoms with Gasteiger partial charge in [-0.15, -0.1) is 0 Å². The number of para-hydroxylation sites is 1. The zero-order chi connectivity index (χ0) is 13.0. The summed E-state index contributed by atoms with van der Waals surface area (Å²) in [5.74, 6) is 0.0914. The lowest BCUT2D eigenvalue weighted by Gasteiger charge is -2.02. The Hall–Kier alpha value is -2.08. The lowest BCUT2D eigenvalue weighted by Crippen LogP contribution is -2.01. The summed E-state index contributed by atoms with van der Waals surface area (Å²) in [6.07, 6.45) is 1.55. The summed E-state index contributed by atoms with van der Waals surface area (Å²) in [6.45, 7) is 0. The highest BCUT2D eigenvalue weighted by atomic mass is 32.2. The van der Waals surface area contributed by atoms with Gasteiger partial charge in [0, 0.05) is 17.8 Å². The van der Waals surface area contributed by atoms with Crippen LogP contribution in [0.25, 0.3) is 0 Å². The first kappa shape index (κ1) is 12.4. The van der Waals surface area contributed by atoms with Crippen molar-refractivity contribution in [2.24, 2.45) is 0 Å². The summed E-state index contributed by atoms with van der Waals surface area (Å²) in [5, 5.41) is 11.3. The van der Waals surface area contributed by atoms with Crippen molar-refractivity contribution in [3.63, 3.8) is 0 Å². The van der Waals surface area contributed by atoms with E-state index in [-0.39, 0.29) is 11.4 Å². The van der Waals surface area contributed by atoms with E-state index in [1.54, 1.807) is 42.6 Å². The summed E-state index contributed by atoms with van der Waals surface area (Å²) in [7, 11) is -1.38. The molecule has 0 aliphatic rings. The average molecular weight is 262 g/mol. The number of nitro benzene ring substituents is 1. The standard InChI is InChI=1S/C12H10N2O3S/c15-14(16)11-6-2-1-5-10(11)9-18(17)12-7-3-4-8-13-12/h1-8H,9H2. The molecule has 0 bridgehead atoms. The van der Waals surface area contributed by atoms with Gasteiger partial charge in [-0.2, -0.15) is 0 Å². The maximum absolute atomic E-state index is 12.0. The predicted molar refractivity (Wildman–Crippen MR) is 67.4 cm³/mol. The third-order valence-electron chi connectivity index (χ3n) is 2.35. The minimum Gasteiger partial charge on any atom is -0.258 e. The van der Waals surface area contributed by atoms with Crippen molar-refractivity contribution < 1.29 is 9.13 Å². The maximum atomic E-state index is 12.0. The van der Waals surface area contributed by atoms with Crippen molar-refractivity contribution in [1.82, 2.24) is 4.98 Å². The van der Waals surface area contributed by atoms with E-state index in [2.05, 4.69) is 4.98 Å². The largest absolute Gasteiger partial charge is 0.273 e. The third kappa shape index (κ3) is 2.78. The van der Waals surface area contributed by atoms with Gasteiger partial charge >= 0.3 is 0 Å². The Labute approximate surface area is 106 Å². The van der Waals surface area contributed by atoms with Crippen LogP contribution >= 0.6 is 0 Å². The molecule has 1 aromatic carbocycles. The minimum absolute atomic E-state index is 0.0122. The number of aromatic nitrogens is 1. The molecule has 92 valence electrons. The molecule has 0 N–H and O–H groups in total. The Morgan fingerprint density at radius 2 is 1.89 bits per heavy atom. The zero-order valence-electron chi connectivity index (χ0n) is 9.35. The van der Waals surface area contributed by atoms with Gasteiger partial charge in [0.1, 0.15) is 5.03 Å². The molecule has 1 unspecified atom stereocenters. The minimum atomic E-state index is -1.38. The van der Waals surface area contributed by atoms with E-state index in [1.165, 1.54) is 6.07 Å². The molecule has 1 atom stereocenters. The van der Waals surface area contributed by atoms with Crippen LogP contribution in [0.1, 0.15) is 5.56 Å². The van der Waals surface area contributed by atoms with Crippen LogP contribution in [-0.4, -0.2) is 14.1 Å². The molecule has 1 heterocycles. The molecule has 6 heteroatoms.